The molecule has 100 valence electrons. The van der Waals surface area contributed by atoms with Crippen LogP contribution in [-0.4, -0.2) is 26.1 Å². The second-order valence-corrected chi connectivity index (χ2v) is 6.15. The van der Waals surface area contributed by atoms with Crippen LogP contribution in [0.5, 0.6) is 0 Å². The fourth-order valence-corrected chi connectivity index (χ4v) is 2.46. The third kappa shape index (κ3) is 3.30. The second-order valence-electron chi connectivity index (χ2n) is 3.90. The highest BCUT2D eigenvalue weighted by molar-refractivity contribution is 7.91. The van der Waals surface area contributed by atoms with Gasteiger partial charge < -0.3 is 11.1 Å². The zero-order chi connectivity index (χ0) is 13.8. The fourth-order valence-electron chi connectivity index (χ4n) is 1.41. The van der Waals surface area contributed by atoms with E-state index in [0.717, 1.165) is 0 Å². The molecule has 6 heteroatoms. The van der Waals surface area contributed by atoms with Crippen molar-refractivity contribution in [3.05, 3.63) is 24.3 Å². The second kappa shape index (κ2) is 5.97. The van der Waals surface area contributed by atoms with Crippen molar-refractivity contribution in [2.45, 2.75) is 31.2 Å². The summed E-state index contributed by atoms with van der Waals surface area (Å²) >= 11 is 0. The van der Waals surface area contributed by atoms with E-state index in [9.17, 15) is 13.2 Å². The van der Waals surface area contributed by atoms with E-state index in [4.69, 9.17) is 5.73 Å². The molecule has 0 bridgehead atoms. The maximum absolute atomic E-state index is 11.9. The molecule has 5 nitrogen and oxygen atoms in total. The molecule has 1 rings (SSSR count). The van der Waals surface area contributed by atoms with Gasteiger partial charge in [-0.15, -0.1) is 0 Å². The van der Waals surface area contributed by atoms with E-state index >= 15 is 0 Å². The SMILES string of the molecule is CC[C@H](N)C(=O)Nc1ccccc1S(=O)(=O)CC. The van der Waals surface area contributed by atoms with Crippen molar-refractivity contribution >= 4 is 21.4 Å². The molecular weight excluding hydrogens is 252 g/mol. The number of amides is 1. The number of nitrogens with one attached hydrogen (secondary N) is 1. The third-order valence-corrected chi connectivity index (χ3v) is 4.42. The highest BCUT2D eigenvalue weighted by Gasteiger charge is 2.19. The maximum atomic E-state index is 11.9. The first-order valence-corrected chi connectivity index (χ1v) is 7.45. The van der Waals surface area contributed by atoms with Crippen LogP contribution in [0.25, 0.3) is 0 Å². The van der Waals surface area contributed by atoms with Crippen molar-refractivity contribution in [2.75, 3.05) is 11.1 Å². The van der Waals surface area contributed by atoms with Crippen LogP contribution in [0.1, 0.15) is 20.3 Å². The van der Waals surface area contributed by atoms with Gasteiger partial charge in [-0.05, 0) is 18.6 Å². The average Bonchev–Trinajstić information content (AvgIpc) is 2.38. The number of benzene rings is 1. The summed E-state index contributed by atoms with van der Waals surface area (Å²) in [6.45, 7) is 3.35. The molecule has 0 spiro atoms. The van der Waals surface area contributed by atoms with Gasteiger partial charge in [-0.1, -0.05) is 26.0 Å². The molecule has 18 heavy (non-hydrogen) atoms. The first-order valence-electron chi connectivity index (χ1n) is 5.80. The Morgan fingerprint density at radius 2 is 1.94 bits per heavy atom. The standard InChI is InChI=1S/C12H18N2O3S/c1-3-9(13)12(15)14-10-7-5-6-8-11(10)18(16,17)4-2/h5-9H,3-4,13H2,1-2H3,(H,14,15)/t9-/m0/s1. The van der Waals surface area contributed by atoms with Crippen LogP contribution in [0, 0.1) is 0 Å². The minimum Gasteiger partial charge on any atom is -0.324 e. The number of carbonyl (C=O) groups excluding carboxylic acids is 1. The number of anilines is 1. The monoisotopic (exact) mass is 270 g/mol. The molecule has 1 atom stereocenters. The largest absolute Gasteiger partial charge is 0.324 e. The zero-order valence-corrected chi connectivity index (χ0v) is 11.3. The van der Waals surface area contributed by atoms with Gasteiger partial charge in [0.15, 0.2) is 9.84 Å². The predicted molar refractivity (Wildman–Crippen MR) is 71.1 cm³/mol. The Morgan fingerprint density at radius 1 is 1.33 bits per heavy atom. The van der Waals surface area contributed by atoms with Crippen molar-refractivity contribution in [2.24, 2.45) is 5.73 Å². The lowest BCUT2D eigenvalue weighted by Crippen LogP contribution is -2.35. The van der Waals surface area contributed by atoms with Gasteiger partial charge in [-0.2, -0.15) is 0 Å². The van der Waals surface area contributed by atoms with E-state index in [1.165, 1.54) is 6.07 Å². The van der Waals surface area contributed by atoms with E-state index in [0.29, 0.717) is 6.42 Å². The van der Waals surface area contributed by atoms with Crippen molar-refractivity contribution in [1.82, 2.24) is 0 Å². The van der Waals surface area contributed by atoms with Gasteiger partial charge in [-0.25, -0.2) is 8.42 Å². The summed E-state index contributed by atoms with van der Waals surface area (Å²) in [6.07, 6.45) is 0.495. The Morgan fingerprint density at radius 3 is 2.50 bits per heavy atom. The molecule has 0 aromatic heterocycles. The number of hydrogen-bond donors (Lipinski definition) is 2. The van der Waals surface area contributed by atoms with Gasteiger partial charge in [0.2, 0.25) is 5.91 Å². The maximum Gasteiger partial charge on any atom is 0.241 e. The molecule has 0 aliphatic rings. The van der Waals surface area contributed by atoms with E-state index in [-0.39, 0.29) is 22.2 Å². The predicted octanol–water partition coefficient (Wildman–Crippen LogP) is 1.16. The number of carbonyl (C=O) groups is 1. The minimum atomic E-state index is -3.36. The molecule has 0 saturated heterocycles. The van der Waals surface area contributed by atoms with Crippen LogP contribution in [0.4, 0.5) is 5.69 Å². The van der Waals surface area contributed by atoms with Gasteiger partial charge in [-0.3, -0.25) is 4.79 Å². The quantitative estimate of drug-likeness (QED) is 0.840. The van der Waals surface area contributed by atoms with Crippen molar-refractivity contribution in [3.63, 3.8) is 0 Å². The lowest BCUT2D eigenvalue weighted by atomic mass is 10.2. The molecule has 0 aliphatic heterocycles. The molecule has 0 saturated carbocycles. The van der Waals surface area contributed by atoms with E-state index < -0.39 is 15.9 Å². The van der Waals surface area contributed by atoms with Crippen molar-refractivity contribution < 1.29 is 13.2 Å². The highest BCUT2D eigenvalue weighted by Crippen LogP contribution is 2.22. The molecule has 0 unspecified atom stereocenters. The van der Waals surface area contributed by atoms with Gasteiger partial charge in [0.1, 0.15) is 0 Å². The number of para-hydroxylation sites is 1. The first-order chi connectivity index (χ1) is 8.42. The Hall–Kier alpha value is -1.40. The molecule has 0 fully saturated rings. The fraction of sp³-hybridized carbons (Fsp3) is 0.417. The van der Waals surface area contributed by atoms with Crippen LogP contribution in [0.2, 0.25) is 0 Å². The van der Waals surface area contributed by atoms with E-state index in [1.807, 2.05) is 0 Å². The molecule has 0 aliphatic carbocycles. The topological polar surface area (TPSA) is 89.3 Å². The molecule has 1 amide bonds. The summed E-state index contributed by atoms with van der Waals surface area (Å²) in [6, 6.07) is 5.69. The summed E-state index contributed by atoms with van der Waals surface area (Å²) in [4.78, 5) is 11.8. The Bertz CT molecular complexity index is 526. The molecule has 1 aromatic rings. The Kier molecular flexibility index (Phi) is 4.86. The molecule has 0 heterocycles. The van der Waals surface area contributed by atoms with Gasteiger partial charge >= 0.3 is 0 Å². The molecule has 0 radical (unpaired) electrons. The third-order valence-electron chi connectivity index (χ3n) is 2.64. The Labute approximate surface area is 107 Å². The zero-order valence-electron chi connectivity index (χ0n) is 10.5. The van der Waals surface area contributed by atoms with Crippen molar-refractivity contribution in [1.29, 1.82) is 0 Å². The molecular formula is C12H18N2O3S. The van der Waals surface area contributed by atoms with Crippen LogP contribution in [0.15, 0.2) is 29.2 Å². The van der Waals surface area contributed by atoms with Crippen LogP contribution < -0.4 is 11.1 Å². The minimum absolute atomic E-state index is 0.0142. The summed E-state index contributed by atoms with van der Waals surface area (Å²) in [5.41, 5.74) is 5.88. The van der Waals surface area contributed by atoms with Gasteiger partial charge in [0, 0.05) is 0 Å². The number of hydrogen-bond acceptors (Lipinski definition) is 4. The lowest BCUT2D eigenvalue weighted by molar-refractivity contribution is -0.117. The summed E-state index contributed by atoms with van der Waals surface area (Å²) in [7, 11) is -3.36. The number of nitrogens with two attached hydrogens (primary N) is 1. The van der Waals surface area contributed by atoms with Crippen LogP contribution in [0.3, 0.4) is 0 Å². The average molecular weight is 270 g/mol. The lowest BCUT2D eigenvalue weighted by Gasteiger charge is -2.13. The van der Waals surface area contributed by atoms with Crippen molar-refractivity contribution in [3.8, 4) is 0 Å². The summed E-state index contributed by atoms with van der Waals surface area (Å²) in [5.74, 6) is -0.393. The number of sulfone groups is 1. The summed E-state index contributed by atoms with van der Waals surface area (Å²) in [5, 5.41) is 2.56. The number of rotatable bonds is 5. The van der Waals surface area contributed by atoms with Crippen LogP contribution >= 0.6 is 0 Å². The van der Waals surface area contributed by atoms with Gasteiger partial charge in [0.25, 0.3) is 0 Å². The summed E-state index contributed by atoms with van der Waals surface area (Å²) < 4.78 is 23.7. The van der Waals surface area contributed by atoms with E-state index in [2.05, 4.69) is 5.32 Å². The smallest absolute Gasteiger partial charge is 0.241 e. The van der Waals surface area contributed by atoms with Gasteiger partial charge in [0.05, 0.1) is 22.4 Å². The Balaban J connectivity index is 3.08. The highest BCUT2D eigenvalue weighted by atomic mass is 32.2. The first kappa shape index (κ1) is 14.7. The molecule has 1 aromatic carbocycles. The molecule has 3 N–H and O–H groups in total. The van der Waals surface area contributed by atoms with E-state index in [1.54, 1.807) is 32.0 Å². The normalized spacial score (nSPS) is 13.1. The van der Waals surface area contributed by atoms with Crippen LogP contribution in [-0.2, 0) is 14.6 Å².